The summed E-state index contributed by atoms with van der Waals surface area (Å²) in [5, 5.41) is 11.6. The molecule has 0 saturated heterocycles. The minimum atomic E-state index is -1.12. The second-order valence-electron chi connectivity index (χ2n) is 7.14. The molecule has 1 unspecified atom stereocenters. The third-order valence-electron chi connectivity index (χ3n) is 4.43. The standard InChI is InChI=1S/C22H23NO2/c1-21(2,3)22(24,18-13-15-23-16-14-18)17-9-11-20(12-10-17)25-19-7-5-4-6-8-19/h4-16,24H,1-3H3. The highest BCUT2D eigenvalue weighted by Gasteiger charge is 2.43. The summed E-state index contributed by atoms with van der Waals surface area (Å²) in [5.41, 5.74) is 0.135. The summed E-state index contributed by atoms with van der Waals surface area (Å²) in [6, 6.07) is 21.0. The molecule has 0 bridgehead atoms. The van der Waals surface area contributed by atoms with Crippen molar-refractivity contribution in [3.8, 4) is 11.5 Å². The van der Waals surface area contributed by atoms with Crippen molar-refractivity contribution >= 4 is 0 Å². The van der Waals surface area contributed by atoms with Crippen LogP contribution in [0.1, 0.15) is 31.9 Å². The minimum Gasteiger partial charge on any atom is -0.457 e. The molecule has 0 fully saturated rings. The molecule has 25 heavy (non-hydrogen) atoms. The van der Waals surface area contributed by atoms with E-state index in [1.165, 1.54) is 0 Å². The van der Waals surface area contributed by atoms with Gasteiger partial charge in [0.15, 0.2) is 0 Å². The monoisotopic (exact) mass is 333 g/mol. The van der Waals surface area contributed by atoms with E-state index in [0.29, 0.717) is 0 Å². The van der Waals surface area contributed by atoms with Crippen LogP contribution in [0.3, 0.4) is 0 Å². The van der Waals surface area contributed by atoms with Crippen LogP contribution >= 0.6 is 0 Å². The van der Waals surface area contributed by atoms with E-state index in [-0.39, 0.29) is 0 Å². The molecular weight excluding hydrogens is 310 g/mol. The first-order valence-corrected chi connectivity index (χ1v) is 8.37. The van der Waals surface area contributed by atoms with Crippen LogP contribution in [-0.4, -0.2) is 10.1 Å². The summed E-state index contributed by atoms with van der Waals surface area (Å²) in [7, 11) is 0. The summed E-state index contributed by atoms with van der Waals surface area (Å²) < 4.78 is 5.85. The number of nitrogens with zero attached hydrogens (tertiary/aromatic N) is 1. The van der Waals surface area contributed by atoms with Crippen LogP contribution in [0.15, 0.2) is 79.1 Å². The summed E-state index contributed by atoms with van der Waals surface area (Å²) in [5.74, 6) is 1.52. The van der Waals surface area contributed by atoms with Crippen molar-refractivity contribution in [3.63, 3.8) is 0 Å². The molecule has 3 nitrogen and oxygen atoms in total. The third-order valence-corrected chi connectivity index (χ3v) is 4.43. The van der Waals surface area contributed by atoms with Gasteiger partial charge in [0.2, 0.25) is 0 Å². The van der Waals surface area contributed by atoms with E-state index in [1.807, 2.05) is 87.5 Å². The highest BCUT2D eigenvalue weighted by Crippen LogP contribution is 2.44. The van der Waals surface area contributed by atoms with Crippen molar-refractivity contribution in [2.45, 2.75) is 26.4 Å². The molecular formula is C22H23NO2. The summed E-state index contributed by atoms with van der Waals surface area (Å²) >= 11 is 0. The smallest absolute Gasteiger partial charge is 0.127 e. The van der Waals surface area contributed by atoms with Gasteiger partial charge in [-0.05, 0) is 52.9 Å². The van der Waals surface area contributed by atoms with Crippen LogP contribution in [0.5, 0.6) is 11.5 Å². The Bertz CT molecular complexity index is 808. The number of benzene rings is 2. The molecule has 128 valence electrons. The number of hydrogen-bond donors (Lipinski definition) is 1. The lowest BCUT2D eigenvalue weighted by atomic mass is 9.68. The number of ether oxygens (including phenoxy) is 1. The fourth-order valence-corrected chi connectivity index (χ4v) is 3.01. The van der Waals surface area contributed by atoms with Gasteiger partial charge in [-0.2, -0.15) is 0 Å². The maximum Gasteiger partial charge on any atom is 0.127 e. The fraction of sp³-hybridized carbons (Fsp3) is 0.227. The van der Waals surface area contributed by atoms with E-state index >= 15 is 0 Å². The Labute approximate surface area is 148 Å². The van der Waals surface area contributed by atoms with E-state index in [0.717, 1.165) is 22.6 Å². The highest BCUT2D eigenvalue weighted by atomic mass is 16.5. The van der Waals surface area contributed by atoms with Crippen LogP contribution < -0.4 is 4.74 Å². The second-order valence-corrected chi connectivity index (χ2v) is 7.14. The van der Waals surface area contributed by atoms with Crippen LogP contribution in [0.2, 0.25) is 0 Å². The van der Waals surface area contributed by atoms with E-state index < -0.39 is 11.0 Å². The first-order valence-electron chi connectivity index (χ1n) is 8.37. The van der Waals surface area contributed by atoms with Gasteiger partial charge in [-0.1, -0.05) is 51.1 Å². The molecule has 1 N–H and O–H groups in total. The zero-order valence-corrected chi connectivity index (χ0v) is 14.8. The predicted molar refractivity (Wildman–Crippen MR) is 99.6 cm³/mol. The van der Waals surface area contributed by atoms with Crippen molar-refractivity contribution in [2.75, 3.05) is 0 Å². The van der Waals surface area contributed by atoms with Gasteiger partial charge in [-0.15, -0.1) is 0 Å². The molecule has 3 rings (SSSR count). The minimum absolute atomic E-state index is 0.393. The van der Waals surface area contributed by atoms with Crippen molar-refractivity contribution in [1.29, 1.82) is 0 Å². The Kier molecular flexibility index (Phi) is 4.60. The average Bonchev–Trinajstić information content (AvgIpc) is 2.62. The third kappa shape index (κ3) is 3.42. The lowest BCUT2D eigenvalue weighted by Crippen LogP contribution is -2.41. The van der Waals surface area contributed by atoms with Gasteiger partial charge < -0.3 is 9.84 Å². The Morgan fingerprint density at radius 2 is 1.24 bits per heavy atom. The van der Waals surface area contributed by atoms with E-state index in [4.69, 9.17) is 4.74 Å². The van der Waals surface area contributed by atoms with Crippen LogP contribution in [0.25, 0.3) is 0 Å². The first-order chi connectivity index (χ1) is 11.9. The second kappa shape index (κ2) is 6.69. The zero-order valence-electron chi connectivity index (χ0n) is 14.8. The Morgan fingerprint density at radius 1 is 0.720 bits per heavy atom. The van der Waals surface area contributed by atoms with Gasteiger partial charge >= 0.3 is 0 Å². The van der Waals surface area contributed by atoms with Gasteiger partial charge in [0.05, 0.1) is 0 Å². The molecule has 0 radical (unpaired) electrons. The van der Waals surface area contributed by atoms with Crippen molar-refractivity contribution < 1.29 is 9.84 Å². The summed E-state index contributed by atoms with van der Waals surface area (Å²) in [4.78, 5) is 4.06. The fourth-order valence-electron chi connectivity index (χ4n) is 3.01. The lowest BCUT2D eigenvalue weighted by Gasteiger charge is -2.41. The average molecular weight is 333 g/mol. The molecule has 3 heteroatoms. The molecule has 0 saturated carbocycles. The van der Waals surface area contributed by atoms with Gasteiger partial charge in [0.1, 0.15) is 17.1 Å². The van der Waals surface area contributed by atoms with E-state index in [9.17, 15) is 5.11 Å². The molecule has 3 aromatic rings. The van der Waals surface area contributed by atoms with E-state index in [1.54, 1.807) is 12.4 Å². The Morgan fingerprint density at radius 3 is 1.80 bits per heavy atom. The highest BCUT2D eigenvalue weighted by molar-refractivity contribution is 5.41. The van der Waals surface area contributed by atoms with Crippen molar-refractivity contribution in [3.05, 3.63) is 90.3 Å². The molecule has 1 heterocycles. The van der Waals surface area contributed by atoms with Gasteiger partial charge in [-0.25, -0.2) is 0 Å². The number of hydrogen-bond acceptors (Lipinski definition) is 3. The number of para-hydroxylation sites is 1. The van der Waals surface area contributed by atoms with Gasteiger partial charge in [-0.3, -0.25) is 4.98 Å². The topological polar surface area (TPSA) is 42.4 Å². The largest absolute Gasteiger partial charge is 0.457 e. The Hall–Kier alpha value is -2.65. The molecule has 0 aliphatic heterocycles. The maximum atomic E-state index is 11.6. The van der Waals surface area contributed by atoms with Gasteiger partial charge in [0, 0.05) is 12.4 Å². The lowest BCUT2D eigenvalue weighted by molar-refractivity contribution is -0.0260. The maximum absolute atomic E-state index is 11.6. The molecule has 0 aliphatic rings. The molecule has 0 spiro atoms. The molecule has 1 aromatic heterocycles. The number of aliphatic hydroxyl groups is 1. The van der Waals surface area contributed by atoms with Crippen molar-refractivity contribution in [1.82, 2.24) is 4.98 Å². The van der Waals surface area contributed by atoms with Crippen LogP contribution in [0.4, 0.5) is 0 Å². The van der Waals surface area contributed by atoms with Crippen molar-refractivity contribution in [2.24, 2.45) is 5.41 Å². The van der Waals surface area contributed by atoms with E-state index in [2.05, 4.69) is 4.98 Å². The quantitative estimate of drug-likeness (QED) is 0.717. The van der Waals surface area contributed by atoms with Gasteiger partial charge in [0.25, 0.3) is 0 Å². The number of aromatic nitrogens is 1. The molecule has 0 amide bonds. The zero-order chi connectivity index (χ0) is 17.9. The Balaban J connectivity index is 1.95. The van der Waals surface area contributed by atoms with Crippen LogP contribution in [-0.2, 0) is 5.60 Å². The number of pyridine rings is 1. The summed E-state index contributed by atoms with van der Waals surface area (Å²) in [6.45, 7) is 6.09. The summed E-state index contributed by atoms with van der Waals surface area (Å²) in [6.07, 6.45) is 3.41. The van der Waals surface area contributed by atoms with Crippen LogP contribution in [0, 0.1) is 5.41 Å². The first kappa shape index (κ1) is 17.2. The SMILES string of the molecule is CC(C)(C)C(O)(c1ccncc1)c1ccc(Oc2ccccc2)cc1. The molecule has 1 atom stereocenters. The molecule has 0 aliphatic carbocycles. The predicted octanol–water partition coefficient (Wildman–Crippen LogP) is 5.16. The molecule has 2 aromatic carbocycles. The number of rotatable bonds is 4. The normalized spacial score (nSPS) is 13.9.